The molecule has 3 N–H and O–H groups in total. The molecule has 0 atom stereocenters. The van der Waals surface area contributed by atoms with Gasteiger partial charge in [0.25, 0.3) is 17.0 Å². The second-order valence-corrected chi connectivity index (χ2v) is 6.16. The Labute approximate surface area is 156 Å². The van der Waals surface area contributed by atoms with Crippen LogP contribution >= 0.6 is 0 Å². The number of carbonyl (C=O) groups is 1. The Balaban J connectivity index is 1.71. The first kappa shape index (κ1) is 17.4. The van der Waals surface area contributed by atoms with Gasteiger partial charge in [0.15, 0.2) is 0 Å². The zero-order valence-electron chi connectivity index (χ0n) is 14.8. The normalized spacial score (nSPS) is 11.0. The number of amides is 1. The molecule has 0 unspecified atom stereocenters. The molecule has 1 amide bonds. The third-order valence-corrected chi connectivity index (χ3v) is 4.46. The van der Waals surface area contributed by atoms with E-state index in [0.717, 1.165) is 4.57 Å². The average Bonchev–Trinajstić information content (AvgIpc) is 2.68. The molecule has 4 aromatic rings. The number of rotatable bonds is 3. The largest absolute Gasteiger partial charge is 0.328 e. The Bertz CT molecular complexity index is 1410. The van der Waals surface area contributed by atoms with Crippen LogP contribution in [-0.4, -0.2) is 25.4 Å². The van der Waals surface area contributed by atoms with Gasteiger partial charge in [0, 0.05) is 17.8 Å². The summed E-state index contributed by atoms with van der Waals surface area (Å²) in [7, 11) is 0. The van der Waals surface area contributed by atoms with Crippen molar-refractivity contribution < 1.29 is 4.79 Å². The summed E-state index contributed by atoms with van der Waals surface area (Å²) in [5.74, 6) is -0.443. The van der Waals surface area contributed by atoms with Gasteiger partial charge in [-0.2, -0.15) is 0 Å². The van der Waals surface area contributed by atoms with Gasteiger partial charge in [-0.15, -0.1) is 0 Å². The highest BCUT2D eigenvalue weighted by Crippen LogP contribution is 2.16. The van der Waals surface area contributed by atoms with Crippen LogP contribution < -0.4 is 22.1 Å². The van der Waals surface area contributed by atoms with Crippen molar-refractivity contribution in [3.8, 4) is 0 Å². The third-order valence-electron chi connectivity index (χ3n) is 4.46. The second-order valence-electron chi connectivity index (χ2n) is 6.16. The topological polar surface area (TPSA) is 130 Å². The number of hydrogen-bond donors (Lipinski definition) is 3. The molecule has 0 spiro atoms. The maximum absolute atomic E-state index is 12.6. The van der Waals surface area contributed by atoms with E-state index in [0.29, 0.717) is 22.0 Å². The Morgan fingerprint density at radius 1 is 1.11 bits per heavy atom. The number of benzene rings is 2. The Morgan fingerprint density at radius 3 is 2.71 bits per heavy atom. The summed E-state index contributed by atoms with van der Waals surface area (Å²) < 4.78 is 1.09. The number of H-pyrrole nitrogens is 2. The molecule has 0 bridgehead atoms. The van der Waals surface area contributed by atoms with Crippen LogP contribution in [0.2, 0.25) is 0 Å². The number of nitrogens with zero attached hydrogens (tertiary/aromatic N) is 2. The Kier molecular flexibility index (Phi) is 4.11. The van der Waals surface area contributed by atoms with E-state index in [4.69, 9.17) is 0 Å². The van der Waals surface area contributed by atoms with Crippen LogP contribution in [0.5, 0.6) is 0 Å². The van der Waals surface area contributed by atoms with Gasteiger partial charge in [0.1, 0.15) is 0 Å². The maximum atomic E-state index is 12.6. The number of aromatic amines is 2. The summed E-state index contributed by atoms with van der Waals surface area (Å²) in [5.41, 5.74) is 0.233. The molecule has 0 aliphatic carbocycles. The van der Waals surface area contributed by atoms with E-state index in [9.17, 15) is 19.2 Å². The van der Waals surface area contributed by atoms with Crippen LogP contribution in [0.15, 0.2) is 57.1 Å². The average molecular weight is 377 g/mol. The predicted octanol–water partition coefficient (Wildman–Crippen LogP) is 1.20. The van der Waals surface area contributed by atoms with Crippen LogP contribution in [0.3, 0.4) is 0 Å². The number of hydrogen-bond acceptors (Lipinski definition) is 5. The quantitative estimate of drug-likeness (QED) is 0.494. The fourth-order valence-corrected chi connectivity index (χ4v) is 3.03. The van der Waals surface area contributed by atoms with Crippen molar-refractivity contribution in [1.82, 2.24) is 19.5 Å². The smallest absolute Gasteiger partial charge is 0.322 e. The van der Waals surface area contributed by atoms with E-state index in [-0.39, 0.29) is 23.2 Å². The molecule has 9 heteroatoms. The standard InChI is InChI=1S/C19H15N5O4/c1-2-24-18(27)12-5-3-10(7-15(12)23-19(24)28)16(25)22-11-4-6-14-13(8-11)17(26)21-9-20-14/h3-9H,2H2,1H3,(H,22,25)(H,23,28)(H,20,21,26). The molecular weight excluding hydrogens is 362 g/mol. The number of anilines is 1. The lowest BCUT2D eigenvalue weighted by Crippen LogP contribution is -2.34. The first-order valence-corrected chi connectivity index (χ1v) is 8.53. The van der Waals surface area contributed by atoms with Crippen LogP contribution in [0, 0.1) is 0 Å². The maximum Gasteiger partial charge on any atom is 0.328 e. The zero-order chi connectivity index (χ0) is 19.8. The second kappa shape index (κ2) is 6.62. The molecule has 2 heterocycles. The molecule has 0 aliphatic heterocycles. The van der Waals surface area contributed by atoms with Gasteiger partial charge in [-0.25, -0.2) is 9.78 Å². The van der Waals surface area contributed by atoms with Crippen LogP contribution in [0.4, 0.5) is 5.69 Å². The van der Waals surface area contributed by atoms with Crippen molar-refractivity contribution in [2.45, 2.75) is 13.5 Å². The number of nitrogens with one attached hydrogen (secondary N) is 3. The minimum atomic E-state index is -0.529. The lowest BCUT2D eigenvalue weighted by molar-refractivity contribution is 0.102. The minimum Gasteiger partial charge on any atom is -0.322 e. The molecule has 0 saturated heterocycles. The molecule has 2 aromatic carbocycles. The van der Waals surface area contributed by atoms with Gasteiger partial charge in [0.2, 0.25) is 0 Å². The van der Waals surface area contributed by atoms with E-state index in [1.807, 2.05) is 0 Å². The molecule has 4 rings (SSSR count). The lowest BCUT2D eigenvalue weighted by atomic mass is 10.1. The van der Waals surface area contributed by atoms with Crippen molar-refractivity contribution in [1.29, 1.82) is 0 Å². The zero-order valence-corrected chi connectivity index (χ0v) is 14.8. The summed E-state index contributed by atoms with van der Waals surface area (Å²) in [6, 6.07) is 9.25. The molecule has 0 radical (unpaired) electrons. The highest BCUT2D eigenvalue weighted by atomic mass is 16.2. The van der Waals surface area contributed by atoms with E-state index < -0.39 is 17.2 Å². The number of carbonyl (C=O) groups excluding carboxylic acids is 1. The van der Waals surface area contributed by atoms with Gasteiger partial charge in [-0.05, 0) is 43.3 Å². The Morgan fingerprint density at radius 2 is 1.93 bits per heavy atom. The SMILES string of the molecule is CCn1c(=O)[nH]c2cc(C(=O)Nc3ccc4nc[nH]c(=O)c4c3)ccc2c1=O. The number of fused-ring (bicyclic) bond motifs is 2. The monoisotopic (exact) mass is 377 g/mol. The predicted molar refractivity (Wildman–Crippen MR) is 105 cm³/mol. The Hall–Kier alpha value is -4.01. The van der Waals surface area contributed by atoms with Gasteiger partial charge < -0.3 is 15.3 Å². The van der Waals surface area contributed by atoms with Crippen molar-refractivity contribution in [3.05, 3.63) is 79.5 Å². The highest BCUT2D eigenvalue weighted by molar-refractivity contribution is 6.06. The van der Waals surface area contributed by atoms with Crippen molar-refractivity contribution >= 4 is 33.4 Å². The van der Waals surface area contributed by atoms with Gasteiger partial charge in [-0.1, -0.05) is 0 Å². The molecule has 0 saturated carbocycles. The fourth-order valence-electron chi connectivity index (χ4n) is 3.03. The number of aromatic nitrogens is 4. The van der Waals surface area contributed by atoms with Crippen molar-refractivity contribution in [2.24, 2.45) is 0 Å². The van der Waals surface area contributed by atoms with E-state index >= 15 is 0 Å². The van der Waals surface area contributed by atoms with E-state index in [1.165, 1.54) is 30.6 Å². The lowest BCUT2D eigenvalue weighted by Gasteiger charge is -2.08. The molecule has 0 aliphatic rings. The van der Waals surface area contributed by atoms with Crippen molar-refractivity contribution in [3.63, 3.8) is 0 Å². The van der Waals surface area contributed by atoms with Crippen LogP contribution in [0.1, 0.15) is 17.3 Å². The molecule has 28 heavy (non-hydrogen) atoms. The molecule has 0 fully saturated rings. The van der Waals surface area contributed by atoms with Crippen LogP contribution in [-0.2, 0) is 6.54 Å². The first-order valence-electron chi connectivity index (χ1n) is 8.53. The van der Waals surface area contributed by atoms with Gasteiger partial charge in [-0.3, -0.25) is 19.0 Å². The van der Waals surface area contributed by atoms with Gasteiger partial charge >= 0.3 is 5.69 Å². The summed E-state index contributed by atoms with van der Waals surface area (Å²) >= 11 is 0. The summed E-state index contributed by atoms with van der Waals surface area (Å²) in [6.07, 6.45) is 1.31. The van der Waals surface area contributed by atoms with Gasteiger partial charge in [0.05, 0.1) is 28.1 Å². The minimum absolute atomic E-state index is 0.252. The van der Waals surface area contributed by atoms with Crippen LogP contribution in [0.25, 0.3) is 21.8 Å². The molecule has 2 aromatic heterocycles. The highest BCUT2D eigenvalue weighted by Gasteiger charge is 2.12. The summed E-state index contributed by atoms with van der Waals surface area (Å²) in [5, 5.41) is 3.37. The molecule has 9 nitrogen and oxygen atoms in total. The molecular formula is C19H15N5O4. The molecule has 140 valence electrons. The third kappa shape index (κ3) is 2.88. The summed E-state index contributed by atoms with van der Waals surface area (Å²) in [4.78, 5) is 57.9. The summed E-state index contributed by atoms with van der Waals surface area (Å²) in [6.45, 7) is 1.96. The van der Waals surface area contributed by atoms with Crippen molar-refractivity contribution in [2.75, 3.05) is 5.32 Å². The van der Waals surface area contributed by atoms with E-state index in [2.05, 4.69) is 20.3 Å². The fraction of sp³-hybridized carbons (Fsp3) is 0.105. The first-order chi connectivity index (χ1) is 13.5. The van der Waals surface area contributed by atoms with E-state index in [1.54, 1.807) is 19.1 Å².